The lowest BCUT2D eigenvalue weighted by Crippen LogP contribution is -2.52. The van der Waals surface area contributed by atoms with Crippen LogP contribution in [0.1, 0.15) is 6.92 Å². The molecule has 1 atom stereocenters. The molecule has 3 rings (SSSR count). The first-order valence-corrected chi connectivity index (χ1v) is 8.94. The third-order valence-corrected chi connectivity index (χ3v) is 4.72. The third kappa shape index (κ3) is 4.09. The Morgan fingerprint density at radius 1 is 1.00 bits per heavy atom. The molecule has 0 radical (unpaired) electrons. The molecule has 0 unspecified atom stereocenters. The van der Waals surface area contributed by atoms with Gasteiger partial charge in [0.05, 0.1) is 0 Å². The number of amides is 1. The Kier molecular flexibility index (Phi) is 5.41. The molecule has 0 aliphatic carbocycles. The van der Waals surface area contributed by atoms with E-state index in [0.717, 1.165) is 30.7 Å². The number of rotatable bonds is 4. The number of piperazine rings is 1. The van der Waals surface area contributed by atoms with E-state index in [9.17, 15) is 4.79 Å². The molecule has 1 heterocycles. The summed E-state index contributed by atoms with van der Waals surface area (Å²) in [5, 5.41) is 0. The van der Waals surface area contributed by atoms with E-state index in [1.165, 1.54) is 5.69 Å². The number of halogens is 1. The summed E-state index contributed by atoms with van der Waals surface area (Å²) in [4.78, 5) is 16.8. The second kappa shape index (κ2) is 7.71. The number of anilines is 1. The van der Waals surface area contributed by atoms with Crippen LogP contribution in [-0.4, -0.2) is 43.1 Å². The summed E-state index contributed by atoms with van der Waals surface area (Å²) in [6, 6.07) is 17.9. The van der Waals surface area contributed by atoms with Gasteiger partial charge in [0.1, 0.15) is 5.75 Å². The largest absolute Gasteiger partial charge is 0.481 e. The van der Waals surface area contributed by atoms with Crippen LogP contribution in [0.3, 0.4) is 0 Å². The van der Waals surface area contributed by atoms with Gasteiger partial charge in [0, 0.05) is 36.3 Å². The summed E-state index contributed by atoms with van der Waals surface area (Å²) in [5.41, 5.74) is 1.21. The number of para-hydroxylation sites is 1. The molecule has 1 aliphatic rings. The summed E-state index contributed by atoms with van der Waals surface area (Å²) in [5.74, 6) is 0.757. The van der Waals surface area contributed by atoms with E-state index in [0.29, 0.717) is 5.75 Å². The molecular weight excluding hydrogens is 368 g/mol. The van der Waals surface area contributed by atoms with Crippen LogP contribution < -0.4 is 9.64 Å². The summed E-state index contributed by atoms with van der Waals surface area (Å²) in [7, 11) is 0. The first-order chi connectivity index (χ1) is 11.6. The van der Waals surface area contributed by atoms with Crippen molar-refractivity contribution in [3.05, 3.63) is 59.1 Å². The zero-order chi connectivity index (χ0) is 16.9. The Balaban J connectivity index is 1.53. The van der Waals surface area contributed by atoms with Crippen molar-refractivity contribution in [2.24, 2.45) is 0 Å². The van der Waals surface area contributed by atoms with Crippen molar-refractivity contribution in [2.45, 2.75) is 13.0 Å². The fourth-order valence-corrected chi connectivity index (χ4v) is 3.11. The van der Waals surface area contributed by atoms with E-state index in [1.54, 1.807) is 0 Å². The van der Waals surface area contributed by atoms with Crippen LogP contribution in [0.2, 0.25) is 0 Å². The van der Waals surface area contributed by atoms with E-state index in [4.69, 9.17) is 4.74 Å². The molecule has 0 N–H and O–H groups in total. The van der Waals surface area contributed by atoms with Crippen molar-refractivity contribution in [1.82, 2.24) is 4.90 Å². The van der Waals surface area contributed by atoms with Crippen molar-refractivity contribution in [3.8, 4) is 5.75 Å². The number of nitrogens with zero attached hydrogens (tertiary/aromatic N) is 2. The number of ether oxygens (including phenoxy) is 1. The Morgan fingerprint density at radius 3 is 2.25 bits per heavy atom. The van der Waals surface area contributed by atoms with Crippen molar-refractivity contribution in [3.63, 3.8) is 0 Å². The van der Waals surface area contributed by atoms with Gasteiger partial charge in [-0.2, -0.15) is 0 Å². The van der Waals surface area contributed by atoms with Crippen LogP contribution in [0.15, 0.2) is 59.1 Å². The zero-order valence-electron chi connectivity index (χ0n) is 13.7. The minimum Gasteiger partial charge on any atom is -0.481 e. The zero-order valence-corrected chi connectivity index (χ0v) is 15.3. The molecule has 1 aliphatic heterocycles. The maximum absolute atomic E-state index is 12.6. The molecule has 4 nitrogen and oxygen atoms in total. The Hall–Kier alpha value is -2.01. The third-order valence-electron chi connectivity index (χ3n) is 4.19. The molecule has 5 heteroatoms. The van der Waals surface area contributed by atoms with E-state index < -0.39 is 6.10 Å². The van der Waals surface area contributed by atoms with E-state index in [-0.39, 0.29) is 5.91 Å². The van der Waals surface area contributed by atoms with Gasteiger partial charge in [-0.3, -0.25) is 4.79 Å². The van der Waals surface area contributed by atoms with Gasteiger partial charge in [0.15, 0.2) is 6.10 Å². The highest BCUT2D eigenvalue weighted by molar-refractivity contribution is 9.10. The fraction of sp³-hybridized carbons (Fsp3) is 0.316. The standard InChI is InChI=1S/C19H21BrN2O2/c1-15(24-18-9-7-16(20)8-10-18)19(23)22-13-11-21(12-14-22)17-5-3-2-4-6-17/h2-10,15H,11-14H2,1H3/t15-/m1/s1. The highest BCUT2D eigenvalue weighted by atomic mass is 79.9. The van der Waals surface area contributed by atoms with Crippen LogP contribution in [0.4, 0.5) is 5.69 Å². The van der Waals surface area contributed by atoms with E-state index in [1.807, 2.05) is 54.3 Å². The SMILES string of the molecule is C[C@@H](Oc1ccc(Br)cc1)C(=O)N1CCN(c2ccccc2)CC1. The van der Waals surface area contributed by atoms with Crippen molar-refractivity contribution in [1.29, 1.82) is 0 Å². The van der Waals surface area contributed by atoms with Crippen LogP contribution >= 0.6 is 15.9 Å². The molecule has 0 spiro atoms. The molecule has 1 fully saturated rings. The van der Waals surface area contributed by atoms with Gasteiger partial charge in [0.2, 0.25) is 0 Å². The molecule has 1 amide bonds. The number of carbonyl (C=O) groups excluding carboxylic acids is 1. The molecule has 2 aromatic carbocycles. The lowest BCUT2D eigenvalue weighted by atomic mass is 10.2. The quantitative estimate of drug-likeness (QED) is 0.802. The highest BCUT2D eigenvalue weighted by Crippen LogP contribution is 2.19. The predicted octanol–water partition coefficient (Wildman–Crippen LogP) is 3.57. The second-order valence-electron chi connectivity index (χ2n) is 5.86. The number of hydrogen-bond acceptors (Lipinski definition) is 3. The van der Waals surface area contributed by atoms with Crippen LogP contribution in [0.25, 0.3) is 0 Å². The number of hydrogen-bond donors (Lipinski definition) is 0. The minimum absolute atomic E-state index is 0.0469. The minimum atomic E-state index is -0.477. The van der Waals surface area contributed by atoms with Crippen LogP contribution in [0.5, 0.6) is 5.75 Å². The average molecular weight is 389 g/mol. The summed E-state index contributed by atoms with van der Waals surface area (Å²) in [6.07, 6.45) is -0.477. The van der Waals surface area contributed by atoms with Crippen molar-refractivity contribution in [2.75, 3.05) is 31.1 Å². The summed E-state index contributed by atoms with van der Waals surface area (Å²) in [6.45, 7) is 4.96. The lowest BCUT2D eigenvalue weighted by molar-refractivity contribution is -0.138. The Labute approximate surface area is 151 Å². The molecule has 2 aromatic rings. The maximum atomic E-state index is 12.6. The topological polar surface area (TPSA) is 32.8 Å². The molecule has 0 bridgehead atoms. The summed E-state index contributed by atoms with van der Waals surface area (Å²) < 4.78 is 6.76. The first kappa shape index (κ1) is 16.8. The number of benzene rings is 2. The maximum Gasteiger partial charge on any atom is 0.263 e. The predicted molar refractivity (Wildman–Crippen MR) is 99.5 cm³/mol. The molecular formula is C19H21BrN2O2. The fourth-order valence-electron chi connectivity index (χ4n) is 2.85. The molecule has 1 saturated heterocycles. The normalized spacial score (nSPS) is 15.9. The van der Waals surface area contributed by atoms with E-state index in [2.05, 4.69) is 33.0 Å². The van der Waals surface area contributed by atoms with Gasteiger partial charge in [-0.1, -0.05) is 34.1 Å². The van der Waals surface area contributed by atoms with Gasteiger partial charge < -0.3 is 14.5 Å². The first-order valence-electron chi connectivity index (χ1n) is 8.14. The van der Waals surface area contributed by atoms with Crippen LogP contribution in [0, 0.1) is 0 Å². The van der Waals surface area contributed by atoms with Gasteiger partial charge in [-0.05, 0) is 43.3 Å². The molecule has 24 heavy (non-hydrogen) atoms. The smallest absolute Gasteiger partial charge is 0.263 e. The van der Waals surface area contributed by atoms with E-state index >= 15 is 0 Å². The second-order valence-corrected chi connectivity index (χ2v) is 6.78. The Bertz CT molecular complexity index is 668. The lowest BCUT2D eigenvalue weighted by Gasteiger charge is -2.37. The van der Waals surface area contributed by atoms with Gasteiger partial charge in [0.25, 0.3) is 5.91 Å². The average Bonchev–Trinajstić information content (AvgIpc) is 2.64. The van der Waals surface area contributed by atoms with Crippen molar-refractivity contribution >= 4 is 27.5 Å². The molecule has 0 saturated carbocycles. The monoisotopic (exact) mass is 388 g/mol. The Morgan fingerprint density at radius 2 is 1.62 bits per heavy atom. The van der Waals surface area contributed by atoms with Crippen LogP contribution in [-0.2, 0) is 4.79 Å². The molecule has 0 aromatic heterocycles. The number of carbonyl (C=O) groups is 1. The van der Waals surface area contributed by atoms with Gasteiger partial charge in [-0.25, -0.2) is 0 Å². The van der Waals surface area contributed by atoms with Gasteiger partial charge >= 0.3 is 0 Å². The van der Waals surface area contributed by atoms with Crippen molar-refractivity contribution < 1.29 is 9.53 Å². The van der Waals surface area contributed by atoms with Gasteiger partial charge in [-0.15, -0.1) is 0 Å². The summed E-state index contributed by atoms with van der Waals surface area (Å²) >= 11 is 3.39. The highest BCUT2D eigenvalue weighted by Gasteiger charge is 2.26. The molecule has 126 valence electrons.